The first-order valence-electron chi connectivity index (χ1n) is 3.22. The van der Waals surface area contributed by atoms with Crippen LogP contribution in [0, 0.1) is 12.7 Å². The fourth-order valence-corrected chi connectivity index (χ4v) is 2.67. The van der Waals surface area contributed by atoms with Crippen LogP contribution in [-0.2, 0) is 9.05 Å². The molecule has 0 radical (unpaired) electrons. The van der Waals surface area contributed by atoms with Crippen molar-refractivity contribution in [1.29, 1.82) is 0 Å². The number of rotatable bonds is 1. The Labute approximate surface area is 88.3 Å². The molecule has 0 N–H and O–H groups in total. The largest absolute Gasteiger partial charge is 0.261 e. The summed E-state index contributed by atoms with van der Waals surface area (Å²) in [5.41, 5.74) is 0.0261. The van der Waals surface area contributed by atoms with Crippen molar-refractivity contribution in [1.82, 2.24) is 0 Å². The van der Waals surface area contributed by atoms with Gasteiger partial charge in [-0.3, -0.25) is 0 Å². The lowest BCUT2D eigenvalue weighted by Gasteiger charge is -2.03. The molecule has 6 heteroatoms. The molecule has 0 fully saturated rings. The van der Waals surface area contributed by atoms with Gasteiger partial charge in [-0.05, 0) is 19.1 Å². The molecule has 0 aliphatic heterocycles. The van der Waals surface area contributed by atoms with E-state index >= 15 is 0 Å². The highest BCUT2D eigenvalue weighted by atomic mass is 79.9. The summed E-state index contributed by atoms with van der Waals surface area (Å²) < 4.78 is 35.2. The van der Waals surface area contributed by atoms with E-state index in [1.165, 1.54) is 19.1 Å². The van der Waals surface area contributed by atoms with Gasteiger partial charge in [0.25, 0.3) is 9.05 Å². The van der Waals surface area contributed by atoms with Crippen LogP contribution in [-0.4, -0.2) is 8.42 Å². The maximum atomic E-state index is 13.0. The predicted octanol–water partition coefficient (Wildman–Crippen LogP) is 2.82. The molecular formula is C7H5BrClFO2S. The van der Waals surface area contributed by atoms with E-state index in [0.717, 1.165) is 0 Å². The Morgan fingerprint density at radius 1 is 1.46 bits per heavy atom. The molecular weight excluding hydrogens is 282 g/mol. The Kier molecular flexibility index (Phi) is 2.99. The smallest absolute Gasteiger partial charge is 0.207 e. The molecule has 0 unspecified atom stereocenters. The standard InChI is InChI=1S/C7H5BrClFO2S/c1-4-6(10)2-5(8)3-7(4)13(9,11)12/h2-3H,1H3. The minimum atomic E-state index is -3.88. The predicted molar refractivity (Wildman–Crippen MR) is 51.9 cm³/mol. The van der Waals surface area contributed by atoms with Crippen LogP contribution in [0.4, 0.5) is 4.39 Å². The molecule has 0 spiro atoms. The van der Waals surface area contributed by atoms with Gasteiger partial charge in [-0.15, -0.1) is 0 Å². The van der Waals surface area contributed by atoms with Gasteiger partial charge < -0.3 is 0 Å². The summed E-state index contributed by atoms with van der Waals surface area (Å²) >= 11 is 2.98. The summed E-state index contributed by atoms with van der Waals surface area (Å²) in [6, 6.07) is 2.45. The van der Waals surface area contributed by atoms with Gasteiger partial charge in [0, 0.05) is 20.7 Å². The maximum Gasteiger partial charge on any atom is 0.261 e. The van der Waals surface area contributed by atoms with Crippen molar-refractivity contribution >= 4 is 35.7 Å². The molecule has 0 atom stereocenters. The van der Waals surface area contributed by atoms with E-state index < -0.39 is 14.9 Å². The Balaban J connectivity index is 3.56. The molecule has 0 aliphatic carbocycles. The number of benzene rings is 1. The second kappa shape index (κ2) is 3.55. The van der Waals surface area contributed by atoms with E-state index in [-0.39, 0.29) is 10.5 Å². The van der Waals surface area contributed by atoms with Crippen molar-refractivity contribution in [2.24, 2.45) is 0 Å². The first-order chi connectivity index (χ1) is 5.82. The van der Waals surface area contributed by atoms with Crippen molar-refractivity contribution in [2.75, 3.05) is 0 Å². The van der Waals surface area contributed by atoms with E-state index in [2.05, 4.69) is 15.9 Å². The average molecular weight is 288 g/mol. The second-order valence-corrected chi connectivity index (χ2v) is 5.90. The van der Waals surface area contributed by atoms with Crippen LogP contribution in [0.1, 0.15) is 5.56 Å². The molecule has 1 rings (SSSR count). The molecule has 0 saturated carbocycles. The summed E-state index contributed by atoms with van der Waals surface area (Å²) in [6.45, 7) is 1.36. The third-order valence-corrected chi connectivity index (χ3v) is 3.43. The zero-order valence-corrected chi connectivity index (χ0v) is 9.67. The van der Waals surface area contributed by atoms with Crippen LogP contribution in [0.25, 0.3) is 0 Å². The fourth-order valence-electron chi connectivity index (χ4n) is 0.875. The van der Waals surface area contributed by atoms with Crippen molar-refractivity contribution in [3.8, 4) is 0 Å². The Morgan fingerprint density at radius 2 is 2.00 bits per heavy atom. The first kappa shape index (κ1) is 10.9. The highest BCUT2D eigenvalue weighted by Crippen LogP contribution is 2.25. The summed E-state index contributed by atoms with van der Waals surface area (Å²) in [5, 5.41) is 0. The van der Waals surface area contributed by atoms with Crippen LogP contribution in [0.15, 0.2) is 21.5 Å². The van der Waals surface area contributed by atoms with E-state index in [4.69, 9.17) is 10.7 Å². The van der Waals surface area contributed by atoms with Crippen molar-refractivity contribution in [2.45, 2.75) is 11.8 Å². The molecule has 0 bridgehead atoms. The van der Waals surface area contributed by atoms with Crippen LogP contribution < -0.4 is 0 Å². The van der Waals surface area contributed by atoms with Gasteiger partial charge in [0.2, 0.25) is 0 Å². The van der Waals surface area contributed by atoms with Gasteiger partial charge in [-0.2, -0.15) is 0 Å². The normalized spacial score (nSPS) is 11.7. The van der Waals surface area contributed by atoms with Gasteiger partial charge in [-0.1, -0.05) is 15.9 Å². The van der Waals surface area contributed by atoms with Gasteiger partial charge in [-0.25, -0.2) is 12.8 Å². The lowest BCUT2D eigenvalue weighted by atomic mass is 10.2. The zero-order valence-electron chi connectivity index (χ0n) is 6.51. The second-order valence-electron chi connectivity index (χ2n) is 2.45. The lowest BCUT2D eigenvalue weighted by molar-refractivity contribution is 0.596. The summed E-state index contributed by atoms with van der Waals surface area (Å²) in [4.78, 5) is -0.207. The zero-order chi connectivity index (χ0) is 10.2. The highest BCUT2D eigenvalue weighted by Gasteiger charge is 2.16. The number of halogens is 3. The highest BCUT2D eigenvalue weighted by molar-refractivity contribution is 9.10. The Bertz CT molecular complexity index is 444. The Morgan fingerprint density at radius 3 is 2.46 bits per heavy atom. The van der Waals surface area contributed by atoms with Gasteiger partial charge in [0.05, 0.1) is 4.90 Å². The van der Waals surface area contributed by atoms with Crippen molar-refractivity contribution in [3.05, 3.63) is 28.0 Å². The molecule has 13 heavy (non-hydrogen) atoms. The fraction of sp³-hybridized carbons (Fsp3) is 0.143. The third-order valence-electron chi connectivity index (χ3n) is 1.52. The topological polar surface area (TPSA) is 34.1 Å². The minimum Gasteiger partial charge on any atom is -0.207 e. The molecule has 1 aromatic carbocycles. The van der Waals surface area contributed by atoms with E-state index in [0.29, 0.717) is 4.47 Å². The molecule has 72 valence electrons. The summed E-state index contributed by atoms with van der Waals surface area (Å²) in [5.74, 6) is -0.603. The quantitative estimate of drug-likeness (QED) is 0.744. The summed E-state index contributed by atoms with van der Waals surface area (Å²) in [6.07, 6.45) is 0. The van der Waals surface area contributed by atoms with Crippen LogP contribution >= 0.6 is 26.6 Å². The van der Waals surface area contributed by atoms with Crippen molar-refractivity contribution in [3.63, 3.8) is 0 Å². The third kappa shape index (κ3) is 2.42. The maximum absolute atomic E-state index is 13.0. The van der Waals surface area contributed by atoms with Gasteiger partial charge >= 0.3 is 0 Å². The molecule has 1 aromatic rings. The van der Waals surface area contributed by atoms with Crippen molar-refractivity contribution < 1.29 is 12.8 Å². The molecule has 0 heterocycles. The summed E-state index contributed by atoms with van der Waals surface area (Å²) in [7, 11) is 1.22. The van der Waals surface area contributed by atoms with Crippen LogP contribution in [0.2, 0.25) is 0 Å². The average Bonchev–Trinajstić information content (AvgIpc) is 1.94. The number of hydrogen-bond donors (Lipinski definition) is 0. The molecule has 0 aromatic heterocycles. The van der Waals surface area contributed by atoms with E-state index in [1.54, 1.807) is 0 Å². The molecule has 0 amide bonds. The van der Waals surface area contributed by atoms with E-state index in [1.807, 2.05) is 0 Å². The number of hydrogen-bond acceptors (Lipinski definition) is 2. The van der Waals surface area contributed by atoms with Gasteiger partial charge in [0.15, 0.2) is 0 Å². The van der Waals surface area contributed by atoms with Crippen LogP contribution in [0.3, 0.4) is 0 Å². The van der Waals surface area contributed by atoms with E-state index in [9.17, 15) is 12.8 Å². The van der Waals surface area contributed by atoms with Gasteiger partial charge in [0.1, 0.15) is 5.82 Å². The van der Waals surface area contributed by atoms with Crippen LogP contribution in [0.5, 0.6) is 0 Å². The minimum absolute atomic E-state index is 0.0261. The monoisotopic (exact) mass is 286 g/mol. The first-order valence-corrected chi connectivity index (χ1v) is 6.33. The SMILES string of the molecule is Cc1c(F)cc(Br)cc1S(=O)(=O)Cl. The molecule has 0 aliphatic rings. The molecule has 0 saturated heterocycles. The Hall–Kier alpha value is -0.130. The lowest BCUT2D eigenvalue weighted by Crippen LogP contribution is -1.97. The molecule has 2 nitrogen and oxygen atoms in total.